The average Bonchev–Trinajstić information content (AvgIpc) is 2.94. The molecule has 0 bridgehead atoms. The van der Waals surface area contributed by atoms with Gasteiger partial charge in [0.05, 0.1) is 17.2 Å². The molecule has 0 radical (unpaired) electrons. The molecule has 2 N–H and O–H groups in total. The molecule has 3 aromatic rings. The van der Waals surface area contributed by atoms with Crippen LogP contribution in [-0.4, -0.2) is 27.0 Å². The van der Waals surface area contributed by atoms with Gasteiger partial charge in [-0.25, -0.2) is 18.7 Å². The lowest BCUT2D eigenvalue weighted by molar-refractivity contribution is -0.0121. The molecule has 0 saturated heterocycles. The molecule has 2 aromatic heterocycles. The molecule has 0 unspecified atom stereocenters. The summed E-state index contributed by atoms with van der Waals surface area (Å²) in [5, 5.41) is 4.31. The number of rotatable bonds is 4. The first kappa shape index (κ1) is 18.0. The van der Waals surface area contributed by atoms with Crippen LogP contribution in [-0.2, 0) is 12.8 Å². The number of hydrogen-bond donors (Lipinski definition) is 2. The van der Waals surface area contributed by atoms with Gasteiger partial charge in [0.25, 0.3) is 5.92 Å². The van der Waals surface area contributed by atoms with Gasteiger partial charge in [0.2, 0.25) is 0 Å². The largest absolute Gasteiger partial charge is 0.489 e. The lowest BCUT2D eigenvalue weighted by atomic mass is 9.93. The fourth-order valence-corrected chi connectivity index (χ4v) is 3.55. The Morgan fingerprint density at radius 2 is 2.11 bits per heavy atom. The van der Waals surface area contributed by atoms with Crippen LogP contribution in [0.4, 0.5) is 20.3 Å². The molecule has 1 aliphatic carbocycles. The molecule has 2 heterocycles. The Morgan fingerprint density at radius 1 is 1.30 bits per heavy atom. The second-order valence-electron chi connectivity index (χ2n) is 6.99. The average molecular weight is 393 g/mol. The summed E-state index contributed by atoms with van der Waals surface area (Å²) in [5.41, 5.74) is 2.53. The van der Waals surface area contributed by atoms with Gasteiger partial charge in [-0.15, -0.1) is 0 Å². The van der Waals surface area contributed by atoms with Crippen LogP contribution in [0.2, 0.25) is 5.02 Å². The number of fused-ring (bicyclic) bond motifs is 3. The highest BCUT2D eigenvalue weighted by Gasteiger charge is 2.36. The van der Waals surface area contributed by atoms with Gasteiger partial charge in [0.15, 0.2) is 0 Å². The first-order valence-electron chi connectivity index (χ1n) is 8.78. The zero-order valence-electron chi connectivity index (χ0n) is 14.9. The molecule has 0 amide bonds. The molecule has 5 nitrogen and oxygen atoms in total. The smallest absolute Gasteiger partial charge is 0.252 e. The van der Waals surface area contributed by atoms with Gasteiger partial charge in [-0.3, -0.25) is 0 Å². The van der Waals surface area contributed by atoms with Crippen molar-refractivity contribution in [1.82, 2.24) is 15.0 Å². The number of nitrogens with one attached hydrogen (secondary N) is 2. The third-order valence-electron chi connectivity index (χ3n) is 4.52. The number of nitrogens with zero attached hydrogens (tertiary/aromatic N) is 2. The summed E-state index contributed by atoms with van der Waals surface area (Å²) in [7, 11) is 0. The van der Waals surface area contributed by atoms with Crippen LogP contribution in [0, 0.1) is 0 Å². The van der Waals surface area contributed by atoms with E-state index in [2.05, 4.69) is 20.3 Å². The van der Waals surface area contributed by atoms with E-state index in [4.69, 9.17) is 16.3 Å². The van der Waals surface area contributed by atoms with Gasteiger partial charge in [0, 0.05) is 23.6 Å². The fraction of sp³-hybridized carbons (Fsp3) is 0.368. The van der Waals surface area contributed by atoms with Gasteiger partial charge in [-0.05, 0) is 44.0 Å². The summed E-state index contributed by atoms with van der Waals surface area (Å²) in [5.74, 6) is -1.67. The van der Waals surface area contributed by atoms with E-state index in [0.29, 0.717) is 38.9 Å². The zero-order valence-corrected chi connectivity index (χ0v) is 15.7. The third kappa shape index (κ3) is 3.56. The number of aryl methyl sites for hydroxylation is 1. The number of alkyl halides is 2. The molecule has 27 heavy (non-hydrogen) atoms. The van der Waals surface area contributed by atoms with Crippen LogP contribution in [0.25, 0.3) is 11.0 Å². The zero-order chi connectivity index (χ0) is 19.2. The number of anilines is 2. The van der Waals surface area contributed by atoms with Crippen LogP contribution in [0.3, 0.4) is 0 Å². The van der Waals surface area contributed by atoms with Crippen molar-refractivity contribution in [3.05, 3.63) is 40.8 Å². The highest BCUT2D eigenvalue weighted by Crippen LogP contribution is 2.40. The minimum absolute atomic E-state index is 0.0316. The van der Waals surface area contributed by atoms with Crippen LogP contribution >= 0.6 is 11.6 Å². The summed E-state index contributed by atoms with van der Waals surface area (Å²) in [6.07, 6.45) is 1.17. The van der Waals surface area contributed by atoms with Crippen LogP contribution in [0.5, 0.6) is 5.75 Å². The molecular formula is C19H19ClF2N4O. The Kier molecular flexibility index (Phi) is 4.42. The SMILES string of the molecule is CC(C)Oc1ccc(Cl)cc1Nc1ncnc2[nH]c3c(c12)CC(F)(F)CC3. The lowest BCUT2D eigenvalue weighted by Crippen LogP contribution is -2.25. The molecule has 0 atom stereocenters. The van der Waals surface area contributed by atoms with Gasteiger partial charge >= 0.3 is 0 Å². The molecule has 0 saturated carbocycles. The number of halogens is 3. The molecule has 142 valence electrons. The quantitative estimate of drug-likeness (QED) is 0.635. The van der Waals surface area contributed by atoms with Crippen molar-refractivity contribution < 1.29 is 13.5 Å². The second kappa shape index (κ2) is 6.64. The summed E-state index contributed by atoms with van der Waals surface area (Å²) in [4.78, 5) is 11.7. The van der Waals surface area contributed by atoms with Gasteiger partial charge in [-0.1, -0.05) is 11.6 Å². The maximum absolute atomic E-state index is 14.0. The molecular weight excluding hydrogens is 374 g/mol. The van der Waals surface area contributed by atoms with E-state index < -0.39 is 5.92 Å². The van der Waals surface area contributed by atoms with Crippen LogP contribution < -0.4 is 10.1 Å². The third-order valence-corrected chi connectivity index (χ3v) is 4.75. The summed E-state index contributed by atoms with van der Waals surface area (Å²) in [6.45, 7) is 3.85. The maximum Gasteiger partial charge on any atom is 0.252 e. The van der Waals surface area contributed by atoms with Gasteiger partial charge < -0.3 is 15.0 Å². The van der Waals surface area contributed by atoms with Crippen molar-refractivity contribution in [2.45, 2.75) is 45.1 Å². The topological polar surface area (TPSA) is 62.8 Å². The minimum atomic E-state index is -2.72. The molecule has 8 heteroatoms. The van der Waals surface area contributed by atoms with E-state index in [0.717, 1.165) is 5.69 Å². The van der Waals surface area contributed by atoms with Crippen molar-refractivity contribution in [3.63, 3.8) is 0 Å². The standard InChI is InChI=1S/C19H19ClF2N4O/c1-10(2)27-15-4-3-11(20)7-14(15)26-18-16-12-8-19(21,22)6-5-13(12)25-17(16)23-9-24-18/h3-4,7,9-10H,5-6,8H2,1-2H3,(H2,23,24,25,26). The summed E-state index contributed by atoms with van der Waals surface area (Å²) < 4.78 is 33.8. The number of benzene rings is 1. The van der Waals surface area contributed by atoms with Crippen LogP contribution in [0.15, 0.2) is 24.5 Å². The number of aromatic nitrogens is 3. The lowest BCUT2D eigenvalue weighted by Gasteiger charge is -2.22. The van der Waals surface area contributed by atoms with E-state index >= 15 is 0 Å². The number of aromatic amines is 1. The van der Waals surface area contributed by atoms with E-state index in [9.17, 15) is 8.78 Å². The van der Waals surface area contributed by atoms with E-state index in [-0.39, 0.29) is 25.4 Å². The maximum atomic E-state index is 14.0. The molecule has 0 fully saturated rings. The first-order valence-corrected chi connectivity index (χ1v) is 9.16. The Bertz CT molecular complexity index is 1000. The van der Waals surface area contributed by atoms with Crippen molar-refractivity contribution >= 4 is 34.1 Å². The fourth-order valence-electron chi connectivity index (χ4n) is 3.38. The Balaban J connectivity index is 1.80. The first-order chi connectivity index (χ1) is 12.8. The van der Waals surface area contributed by atoms with Crippen molar-refractivity contribution in [2.75, 3.05) is 5.32 Å². The van der Waals surface area contributed by atoms with Crippen molar-refractivity contribution in [1.29, 1.82) is 0 Å². The number of H-pyrrole nitrogens is 1. The molecule has 4 rings (SSSR count). The van der Waals surface area contributed by atoms with E-state index in [1.165, 1.54) is 6.33 Å². The highest BCUT2D eigenvalue weighted by molar-refractivity contribution is 6.31. The highest BCUT2D eigenvalue weighted by atomic mass is 35.5. The Labute approximate surface area is 160 Å². The van der Waals surface area contributed by atoms with E-state index in [1.54, 1.807) is 18.2 Å². The summed E-state index contributed by atoms with van der Waals surface area (Å²) in [6, 6.07) is 5.23. The minimum Gasteiger partial charge on any atom is -0.489 e. The molecule has 0 spiro atoms. The summed E-state index contributed by atoms with van der Waals surface area (Å²) >= 11 is 6.14. The molecule has 1 aliphatic rings. The normalized spacial score (nSPS) is 15.8. The Hall–Kier alpha value is -2.41. The van der Waals surface area contributed by atoms with Crippen molar-refractivity contribution in [3.8, 4) is 5.75 Å². The van der Waals surface area contributed by atoms with Gasteiger partial charge in [-0.2, -0.15) is 0 Å². The van der Waals surface area contributed by atoms with E-state index in [1.807, 2.05) is 13.8 Å². The predicted molar refractivity (Wildman–Crippen MR) is 101 cm³/mol. The van der Waals surface area contributed by atoms with Gasteiger partial charge in [0.1, 0.15) is 23.5 Å². The molecule has 0 aliphatic heterocycles. The molecule has 1 aromatic carbocycles. The predicted octanol–water partition coefficient (Wildman–Crippen LogP) is 5.27. The monoisotopic (exact) mass is 392 g/mol. The number of ether oxygens (including phenoxy) is 1. The second-order valence-corrected chi connectivity index (χ2v) is 7.43. The number of hydrogen-bond acceptors (Lipinski definition) is 4. The Morgan fingerprint density at radius 3 is 2.89 bits per heavy atom. The van der Waals surface area contributed by atoms with Crippen molar-refractivity contribution in [2.24, 2.45) is 0 Å². The van der Waals surface area contributed by atoms with Crippen LogP contribution in [0.1, 0.15) is 31.5 Å².